The van der Waals surface area contributed by atoms with Gasteiger partial charge in [-0.05, 0) is 42.5 Å². The number of hydrazine groups is 1. The molecule has 5 nitrogen and oxygen atoms in total. The largest absolute Gasteiger partial charge is 0.507 e. The molecule has 0 aromatic heterocycles. The maximum atomic E-state index is 12.5. The van der Waals surface area contributed by atoms with Crippen molar-refractivity contribution in [2.45, 2.75) is 0 Å². The number of nitrogens with one attached hydrogen (secondary N) is 1. The molecule has 0 saturated carbocycles. The number of phenolic OH excluding ortho intramolecular Hbond substituents is 1. The Hall–Kier alpha value is -2.31. The van der Waals surface area contributed by atoms with E-state index in [1.165, 1.54) is 12.1 Å². The molecule has 2 N–H and O–H groups in total. The number of benzene rings is 2. The normalized spacial score (nSPS) is 16.1. The van der Waals surface area contributed by atoms with E-state index < -0.39 is 11.8 Å². The topological polar surface area (TPSA) is 69.6 Å². The minimum atomic E-state index is -0.547. The van der Waals surface area contributed by atoms with E-state index in [9.17, 15) is 14.7 Å². The van der Waals surface area contributed by atoms with Crippen LogP contribution in [0.4, 0.5) is 5.69 Å². The molecule has 2 amide bonds. The van der Waals surface area contributed by atoms with Gasteiger partial charge in [0.2, 0.25) is 0 Å². The van der Waals surface area contributed by atoms with Crippen LogP contribution in [0.5, 0.6) is 5.75 Å². The number of carbonyl (C=O) groups excluding carboxylic acids is 2. The van der Waals surface area contributed by atoms with Gasteiger partial charge in [-0.15, -0.1) is 0 Å². The molecule has 2 aromatic rings. The highest BCUT2D eigenvalue weighted by molar-refractivity contribution is 9.10. The summed E-state index contributed by atoms with van der Waals surface area (Å²) in [5.74, 6) is -1.09. The Bertz CT molecular complexity index is 851. The summed E-state index contributed by atoms with van der Waals surface area (Å²) in [7, 11) is 0. The second kappa shape index (κ2) is 6.06. The van der Waals surface area contributed by atoms with Crippen molar-refractivity contribution in [1.29, 1.82) is 0 Å². The van der Waals surface area contributed by atoms with E-state index in [0.29, 0.717) is 16.3 Å². The summed E-state index contributed by atoms with van der Waals surface area (Å²) < 4.78 is 0.722. The predicted molar refractivity (Wildman–Crippen MR) is 90.9 cm³/mol. The van der Waals surface area contributed by atoms with Gasteiger partial charge in [0.05, 0.1) is 5.69 Å². The Balaban J connectivity index is 1.99. The molecule has 0 atom stereocenters. The van der Waals surface area contributed by atoms with E-state index in [-0.39, 0.29) is 11.3 Å². The summed E-state index contributed by atoms with van der Waals surface area (Å²) >= 11 is 9.19. The molecule has 2 aromatic carbocycles. The Labute approximate surface area is 145 Å². The number of carbonyl (C=O) groups is 2. The molecular weight excluding hydrogens is 384 g/mol. The molecule has 0 aliphatic carbocycles. The standard InChI is InChI=1S/C16H10BrClN2O3/c17-10-4-5-14(21)9(6-10)7-13-15(22)19-20(16(13)23)12-3-1-2-11(18)8-12/h1-8,21H,(H,19,22)/b13-7-. The van der Waals surface area contributed by atoms with Crippen molar-refractivity contribution in [2.24, 2.45) is 0 Å². The molecule has 7 heteroatoms. The van der Waals surface area contributed by atoms with Gasteiger partial charge < -0.3 is 5.11 Å². The highest BCUT2D eigenvalue weighted by Gasteiger charge is 2.34. The van der Waals surface area contributed by atoms with Crippen LogP contribution in [0.2, 0.25) is 5.02 Å². The molecule has 23 heavy (non-hydrogen) atoms. The van der Waals surface area contributed by atoms with E-state index in [0.717, 1.165) is 9.48 Å². The zero-order valence-corrected chi connectivity index (χ0v) is 13.9. The molecule has 0 radical (unpaired) electrons. The van der Waals surface area contributed by atoms with Gasteiger partial charge in [-0.1, -0.05) is 33.6 Å². The number of hydrogen-bond acceptors (Lipinski definition) is 3. The van der Waals surface area contributed by atoms with Crippen LogP contribution in [0, 0.1) is 0 Å². The Kier molecular flexibility index (Phi) is 4.11. The zero-order chi connectivity index (χ0) is 16.6. The van der Waals surface area contributed by atoms with Crippen molar-refractivity contribution in [3.63, 3.8) is 0 Å². The lowest BCUT2D eigenvalue weighted by Crippen LogP contribution is -2.35. The molecule has 0 bridgehead atoms. The number of rotatable bonds is 2. The summed E-state index contributed by atoms with van der Waals surface area (Å²) in [5.41, 5.74) is 3.23. The van der Waals surface area contributed by atoms with Gasteiger partial charge in [0.1, 0.15) is 11.3 Å². The fourth-order valence-electron chi connectivity index (χ4n) is 2.15. The quantitative estimate of drug-likeness (QED) is 0.608. The van der Waals surface area contributed by atoms with Crippen molar-refractivity contribution >= 4 is 51.1 Å². The summed E-state index contributed by atoms with van der Waals surface area (Å²) in [5, 5.41) is 11.4. The molecule has 3 rings (SSSR count). The lowest BCUT2D eigenvalue weighted by Gasteiger charge is -2.14. The van der Waals surface area contributed by atoms with Gasteiger partial charge in [0, 0.05) is 15.1 Å². The summed E-state index contributed by atoms with van der Waals surface area (Å²) in [6.07, 6.45) is 1.35. The van der Waals surface area contributed by atoms with Crippen LogP contribution in [-0.2, 0) is 9.59 Å². The summed E-state index contributed by atoms with van der Waals surface area (Å²) in [6.45, 7) is 0. The third-order valence-corrected chi connectivity index (χ3v) is 3.98. The van der Waals surface area contributed by atoms with Gasteiger partial charge in [-0.3, -0.25) is 15.0 Å². The van der Waals surface area contributed by atoms with Crippen molar-refractivity contribution in [2.75, 3.05) is 5.01 Å². The molecule has 0 spiro atoms. The Morgan fingerprint density at radius 3 is 2.70 bits per heavy atom. The second-order valence-electron chi connectivity index (χ2n) is 4.82. The molecular formula is C16H10BrClN2O3. The van der Waals surface area contributed by atoms with Gasteiger partial charge in [0.15, 0.2) is 0 Å². The van der Waals surface area contributed by atoms with E-state index in [1.54, 1.807) is 36.4 Å². The number of nitrogens with zero attached hydrogens (tertiary/aromatic N) is 1. The lowest BCUT2D eigenvalue weighted by molar-refractivity contribution is -0.117. The molecule has 1 fully saturated rings. The number of hydrogen-bond donors (Lipinski definition) is 2. The maximum Gasteiger partial charge on any atom is 0.282 e. The van der Waals surface area contributed by atoms with Crippen LogP contribution in [0.1, 0.15) is 5.56 Å². The first-order valence-electron chi connectivity index (χ1n) is 6.57. The third-order valence-electron chi connectivity index (χ3n) is 3.25. The first-order valence-corrected chi connectivity index (χ1v) is 7.74. The third kappa shape index (κ3) is 3.09. The van der Waals surface area contributed by atoms with Crippen LogP contribution in [0.25, 0.3) is 6.08 Å². The Morgan fingerprint density at radius 2 is 1.96 bits per heavy atom. The van der Waals surface area contributed by atoms with Crippen molar-refractivity contribution in [3.8, 4) is 5.75 Å². The lowest BCUT2D eigenvalue weighted by atomic mass is 10.1. The molecule has 1 heterocycles. The average Bonchev–Trinajstić information content (AvgIpc) is 2.79. The number of amides is 2. The maximum absolute atomic E-state index is 12.5. The molecule has 1 aliphatic heterocycles. The number of halogens is 2. The minimum Gasteiger partial charge on any atom is -0.507 e. The smallest absolute Gasteiger partial charge is 0.282 e. The Morgan fingerprint density at radius 1 is 1.17 bits per heavy atom. The van der Waals surface area contributed by atoms with Crippen molar-refractivity contribution < 1.29 is 14.7 Å². The van der Waals surface area contributed by atoms with Gasteiger partial charge in [0.25, 0.3) is 11.8 Å². The number of aromatic hydroxyl groups is 1. The predicted octanol–water partition coefficient (Wildman–Crippen LogP) is 3.27. The highest BCUT2D eigenvalue weighted by atomic mass is 79.9. The summed E-state index contributed by atoms with van der Waals surface area (Å²) in [4.78, 5) is 24.6. The molecule has 116 valence electrons. The fourth-order valence-corrected chi connectivity index (χ4v) is 2.71. The molecule has 0 unspecified atom stereocenters. The van der Waals surface area contributed by atoms with Gasteiger partial charge in [-0.25, -0.2) is 5.01 Å². The van der Waals surface area contributed by atoms with Crippen LogP contribution in [0.3, 0.4) is 0 Å². The molecule has 1 aliphatic rings. The number of phenols is 1. The first kappa shape index (κ1) is 15.6. The summed E-state index contributed by atoms with van der Waals surface area (Å²) in [6, 6.07) is 11.3. The van der Waals surface area contributed by atoms with E-state index in [4.69, 9.17) is 11.6 Å². The van der Waals surface area contributed by atoms with Crippen molar-refractivity contribution in [1.82, 2.24) is 5.43 Å². The number of anilines is 1. The first-order chi connectivity index (χ1) is 11.0. The van der Waals surface area contributed by atoms with Crippen molar-refractivity contribution in [3.05, 3.63) is 63.1 Å². The van der Waals surface area contributed by atoms with Gasteiger partial charge in [-0.2, -0.15) is 0 Å². The van der Waals surface area contributed by atoms with E-state index in [2.05, 4.69) is 21.4 Å². The van der Waals surface area contributed by atoms with E-state index >= 15 is 0 Å². The minimum absolute atomic E-state index is 0.0255. The monoisotopic (exact) mass is 392 g/mol. The van der Waals surface area contributed by atoms with Gasteiger partial charge >= 0.3 is 0 Å². The molecule has 1 saturated heterocycles. The van der Waals surface area contributed by atoms with Crippen LogP contribution < -0.4 is 10.4 Å². The SMILES string of the molecule is O=C1NN(c2cccc(Cl)c2)C(=O)/C1=C\c1cc(Br)ccc1O. The fraction of sp³-hybridized carbons (Fsp3) is 0. The van der Waals surface area contributed by atoms with Crippen LogP contribution in [0.15, 0.2) is 52.5 Å². The highest BCUT2D eigenvalue weighted by Crippen LogP contribution is 2.27. The van der Waals surface area contributed by atoms with Crippen LogP contribution >= 0.6 is 27.5 Å². The zero-order valence-electron chi connectivity index (χ0n) is 11.6. The second-order valence-corrected chi connectivity index (χ2v) is 6.17. The van der Waals surface area contributed by atoms with Crippen LogP contribution in [-0.4, -0.2) is 16.9 Å². The van der Waals surface area contributed by atoms with E-state index in [1.807, 2.05) is 0 Å². The average molecular weight is 394 g/mol.